The van der Waals surface area contributed by atoms with Crippen LogP contribution in [-0.2, 0) is 0 Å². The Balaban J connectivity index is 1.49. The Hall–Kier alpha value is -0.0400. The van der Waals surface area contributed by atoms with Crippen LogP contribution in [0.1, 0.15) is 39.5 Å². The molecule has 0 heterocycles. The summed E-state index contributed by atoms with van der Waals surface area (Å²) in [5.74, 6) is 3.06. The predicted octanol–water partition coefficient (Wildman–Crippen LogP) is 2.42. The maximum absolute atomic E-state index is 3.68. The van der Waals surface area contributed by atoms with Crippen LogP contribution in [0, 0.1) is 23.2 Å². The SMILES string of the molecule is CC1CC2(CC2CNC2CC2)C1C. The highest BCUT2D eigenvalue weighted by molar-refractivity contribution is 5.14. The van der Waals surface area contributed by atoms with Crippen molar-refractivity contribution in [2.45, 2.75) is 45.6 Å². The van der Waals surface area contributed by atoms with Gasteiger partial charge < -0.3 is 5.32 Å². The van der Waals surface area contributed by atoms with Crippen molar-refractivity contribution in [3.05, 3.63) is 0 Å². The van der Waals surface area contributed by atoms with Gasteiger partial charge in [-0.2, -0.15) is 0 Å². The normalized spacial score (nSPS) is 53.5. The van der Waals surface area contributed by atoms with E-state index in [2.05, 4.69) is 19.2 Å². The van der Waals surface area contributed by atoms with Crippen molar-refractivity contribution in [1.82, 2.24) is 5.32 Å². The first-order valence-corrected chi connectivity index (χ1v) is 5.96. The van der Waals surface area contributed by atoms with Crippen molar-refractivity contribution < 1.29 is 0 Å². The molecule has 0 aliphatic heterocycles. The summed E-state index contributed by atoms with van der Waals surface area (Å²) in [6.45, 7) is 6.20. The largest absolute Gasteiger partial charge is 0.314 e. The van der Waals surface area contributed by atoms with Gasteiger partial charge in [0.15, 0.2) is 0 Å². The number of nitrogens with one attached hydrogen (secondary N) is 1. The molecule has 0 aromatic heterocycles. The summed E-state index contributed by atoms with van der Waals surface area (Å²) in [6.07, 6.45) is 5.92. The summed E-state index contributed by atoms with van der Waals surface area (Å²) < 4.78 is 0. The second kappa shape index (κ2) is 2.50. The summed E-state index contributed by atoms with van der Waals surface area (Å²) in [5, 5.41) is 3.68. The Morgan fingerprint density at radius 2 is 2.00 bits per heavy atom. The summed E-state index contributed by atoms with van der Waals surface area (Å²) in [7, 11) is 0. The van der Waals surface area contributed by atoms with Gasteiger partial charge >= 0.3 is 0 Å². The molecule has 0 aromatic carbocycles. The molecular formula is C12H21N. The van der Waals surface area contributed by atoms with Crippen LogP contribution in [0.15, 0.2) is 0 Å². The highest BCUT2D eigenvalue weighted by Crippen LogP contribution is 2.70. The van der Waals surface area contributed by atoms with Crippen LogP contribution < -0.4 is 5.32 Å². The Labute approximate surface area is 81.3 Å². The highest BCUT2D eigenvalue weighted by Gasteiger charge is 2.64. The third-order valence-electron chi connectivity index (χ3n) is 4.97. The molecule has 0 aromatic rings. The van der Waals surface area contributed by atoms with E-state index in [1.165, 1.54) is 32.2 Å². The average Bonchev–Trinajstić information content (AvgIpc) is 2.95. The smallest absolute Gasteiger partial charge is 0.00683 e. The lowest BCUT2D eigenvalue weighted by atomic mass is 9.62. The molecule has 1 spiro atoms. The molecule has 0 amide bonds. The first-order valence-electron chi connectivity index (χ1n) is 5.96. The lowest BCUT2D eigenvalue weighted by Crippen LogP contribution is -2.37. The molecule has 3 fully saturated rings. The second-order valence-corrected chi connectivity index (χ2v) is 5.79. The molecule has 1 N–H and O–H groups in total. The van der Waals surface area contributed by atoms with Crippen molar-refractivity contribution in [1.29, 1.82) is 0 Å². The minimum Gasteiger partial charge on any atom is -0.314 e. The molecule has 4 atom stereocenters. The van der Waals surface area contributed by atoms with Crippen molar-refractivity contribution in [2.75, 3.05) is 6.54 Å². The van der Waals surface area contributed by atoms with E-state index in [9.17, 15) is 0 Å². The molecule has 3 rings (SSSR count). The van der Waals surface area contributed by atoms with Gasteiger partial charge in [-0.15, -0.1) is 0 Å². The van der Waals surface area contributed by atoms with Crippen LogP contribution in [0.3, 0.4) is 0 Å². The van der Waals surface area contributed by atoms with Gasteiger partial charge in [0.1, 0.15) is 0 Å². The fraction of sp³-hybridized carbons (Fsp3) is 1.00. The first kappa shape index (κ1) is 8.28. The second-order valence-electron chi connectivity index (χ2n) is 5.79. The Morgan fingerprint density at radius 1 is 1.23 bits per heavy atom. The maximum Gasteiger partial charge on any atom is 0.00683 e. The molecule has 1 nitrogen and oxygen atoms in total. The topological polar surface area (TPSA) is 12.0 Å². The summed E-state index contributed by atoms with van der Waals surface area (Å²) >= 11 is 0. The lowest BCUT2D eigenvalue weighted by Gasteiger charge is -2.43. The number of rotatable bonds is 3. The highest BCUT2D eigenvalue weighted by atomic mass is 15.0. The van der Waals surface area contributed by atoms with Crippen LogP contribution in [0.2, 0.25) is 0 Å². The van der Waals surface area contributed by atoms with Gasteiger partial charge in [0.25, 0.3) is 0 Å². The lowest BCUT2D eigenvalue weighted by molar-refractivity contribution is 0.0621. The van der Waals surface area contributed by atoms with Crippen LogP contribution in [0.25, 0.3) is 0 Å². The monoisotopic (exact) mass is 179 g/mol. The Bertz CT molecular complexity index is 221. The molecule has 0 saturated heterocycles. The van der Waals surface area contributed by atoms with E-state index in [0.717, 1.165) is 29.2 Å². The predicted molar refractivity (Wildman–Crippen MR) is 54.5 cm³/mol. The van der Waals surface area contributed by atoms with E-state index in [1.54, 1.807) is 0 Å². The van der Waals surface area contributed by atoms with Gasteiger partial charge in [-0.3, -0.25) is 0 Å². The van der Waals surface area contributed by atoms with E-state index in [-0.39, 0.29) is 0 Å². The minimum atomic E-state index is 0.821. The van der Waals surface area contributed by atoms with E-state index in [0.29, 0.717) is 0 Å². The molecule has 0 bridgehead atoms. The van der Waals surface area contributed by atoms with Crippen molar-refractivity contribution >= 4 is 0 Å². The first-order chi connectivity index (χ1) is 6.22. The van der Waals surface area contributed by atoms with Gasteiger partial charge in [0.05, 0.1) is 0 Å². The van der Waals surface area contributed by atoms with Gasteiger partial charge in [-0.1, -0.05) is 13.8 Å². The molecule has 1 heteroatoms. The van der Waals surface area contributed by atoms with Crippen LogP contribution in [0.5, 0.6) is 0 Å². The van der Waals surface area contributed by atoms with Crippen molar-refractivity contribution in [2.24, 2.45) is 23.2 Å². The van der Waals surface area contributed by atoms with E-state index in [1.807, 2.05) is 0 Å². The van der Waals surface area contributed by atoms with Crippen LogP contribution in [-0.4, -0.2) is 12.6 Å². The van der Waals surface area contributed by atoms with E-state index in [4.69, 9.17) is 0 Å². The summed E-state index contributed by atoms with van der Waals surface area (Å²) in [6, 6.07) is 0.908. The third-order valence-corrected chi connectivity index (χ3v) is 4.97. The Kier molecular flexibility index (Phi) is 1.59. The molecular weight excluding hydrogens is 158 g/mol. The zero-order chi connectivity index (χ0) is 9.05. The van der Waals surface area contributed by atoms with Crippen LogP contribution >= 0.6 is 0 Å². The number of hydrogen-bond acceptors (Lipinski definition) is 1. The van der Waals surface area contributed by atoms with Gasteiger partial charge in [-0.25, -0.2) is 0 Å². The zero-order valence-electron chi connectivity index (χ0n) is 8.84. The molecule has 0 radical (unpaired) electrons. The maximum atomic E-state index is 3.68. The van der Waals surface area contributed by atoms with E-state index >= 15 is 0 Å². The molecule has 3 aliphatic rings. The van der Waals surface area contributed by atoms with Gasteiger partial charge in [-0.05, 0) is 55.4 Å². The zero-order valence-corrected chi connectivity index (χ0v) is 8.84. The average molecular weight is 179 g/mol. The van der Waals surface area contributed by atoms with Gasteiger partial charge in [0, 0.05) is 6.04 Å². The molecule has 13 heavy (non-hydrogen) atoms. The summed E-state index contributed by atoms with van der Waals surface area (Å²) in [4.78, 5) is 0. The minimum absolute atomic E-state index is 0.821. The van der Waals surface area contributed by atoms with Crippen LogP contribution in [0.4, 0.5) is 0 Å². The molecule has 74 valence electrons. The molecule has 3 aliphatic carbocycles. The number of hydrogen-bond donors (Lipinski definition) is 1. The van der Waals surface area contributed by atoms with E-state index < -0.39 is 0 Å². The fourth-order valence-electron chi connectivity index (χ4n) is 3.45. The Morgan fingerprint density at radius 3 is 2.54 bits per heavy atom. The summed E-state index contributed by atoms with van der Waals surface area (Å²) in [5.41, 5.74) is 0.821. The molecule has 3 saturated carbocycles. The molecule has 4 unspecified atom stereocenters. The quantitative estimate of drug-likeness (QED) is 0.701. The fourth-order valence-corrected chi connectivity index (χ4v) is 3.45. The van der Waals surface area contributed by atoms with Crippen molar-refractivity contribution in [3.63, 3.8) is 0 Å². The van der Waals surface area contributed by atoms with Crippen molar-refractivity contribution in [3.8, 4) is 0 Å². The van der Waals surface area contributed by atoms with Gasteiger partial charge in [0.2, 0.25) is 0 Å². The standard InChI is InChI=1S/C12H21N/c1-8-5-12(9(8)2)6-10(12)7-13-11-3-4-11/h8-11,13H,3-7H2,1-2H3. The third kappa shape index (κ3) is 1.16.